The van der Waals surface area contributed by atoms with Gasteiger partial charge >= 0.3 is 0 Å². The standard InChI is InChI=1S/C30H24ClN2O2/c31-26-14-13-25-19-32-30(33-27(25)18-26)16-12-22-11-15-28(34-20-23-7-3-1-4-8-23)29(17-22)35-21-24-9-5-2-6-10-24/h1-19H,20-21H2,(H,32,33). The van der Waals surface area contributed by atoms with E-state index in [1.54, 1.807) is 0 Å². The number of fused-ring (bicyclic) bond motifs is 1. The summed E-state index contributed by atoms with van der Waals surface area (Å²) in [4.78, 5) is 4.49. The van der Waals surface area contributed by atoms with E-state index in [-0.39, 0.29) is 0 Å². The SMILES string of the molecule is Clc1ccc2c(c1)NC(C=Cc1ccc(OCc3ccccc3)c(OCc3ccccc3)c1)=N[CH]2. The molecule has 0 atom stereocenters. The smallest absolute Gasteiger partial charge is 0.162 e. The number of benzene rings is 4. The van der Waals surface area contributed by atoms with E-state index in [9.17, 15) is 0 Å². The van der Waals surface area contributed by atoms with Crippen molar-refractivity contribution in [3.05, 3.63) is 137 Å². The van der Waals surface area contributed by atoms with Gasteiger partial charge in [-0.3, -0.25) is 4.99 Å². The molecule has 1 aliphatic heterocycles. The monoisotopic (exact) mass is 479 g/mol. The Morgan fingerprint density at radius 2 is 1.40 bits per heavy atom. The summed E-state index contributed by atoms with van der Waals surface area (Å²) < 4.78 is 12.3. The van der Waals surface area contributed by atoms with Gasteiger partial charge in [-0.1, -0.05) is 90.5 Å². The molecule has 0 aromatic heterocycles. The number of amidine groups is 1. The molecule has 173 valence electrons. The van der Waals surface area contributed by atoms with Crippen molar-refractivity contribution in [2.75, 3.05) is 5.32 Å². The Balaban J connectivity index is 1.33. The minimum absolute atomic E-state index is 0.455. The van der Waals surface area contributed by atoms with Gasteiger partial charge in [0.25, 0.3) is 0 Å². The molecule has 0 saturated carbocycles. The van der Waals surface area contributed by atoms with Crippen molar-refractivity contribution in [1.82, 2.24) is 0 Å². The van der Waals surface area contributed by atoms with Crippen LogP contribution in [0.4, 0.5) is 5.69 Å². The summed E-state index contributed by atoms with van der Waals surface area (Å²) in [5.41, 5.74) is 5.10. The number of aliphatic imine (C=N–C) groups is 1. The lowest BCUT2D eigenvalue weighted by Gasteiger charge is -2.16. The molecule has 0 bridgehead atoms. The summed E-state index contributed by atoms with van der Waals surface area (Å²) in [7, 11) is 0. The minimum Gasteiger partial charge on any atom is -0.485 e. The van der Waals surface area contributed by atoms with Gasteiger partial charge in [-0.2, -0.15) is 0 Å². The fourth-order valence-electron chi connectivity index (χ4n) is 3.65. The van der Waals surface area contributed by atoms with E-state index in [0.29, 0.717) is 29.7 Å². The first-order chi connectivity index (χ1) is 17.2. The normalized spacial score (nSPS) is 12.5. The molecule has 0 saturated heterocycles. The van der Waals surface area contributed by atoms with Gasteiger partial charge < -0.3 is 14.8 Å². The van der Waals surface area contributed by atoms with E-state index in [1.165, 1.54) is 0 Å². The Bertz CT molecular complexity index is 1350. The molecule has 1 heterocycles. The van der Waals surface area contributed by atoms with Crippen molar-refractivity contribution in [2.45, 2.75) is 13.2 Å². The molecule has 5 heteroatoms. The third-order valence-electron chi connectivity index (χ3n) is 5.50. The van der Waals surface area contributed by atoms with Crippen molar-refractivity contribution in [1.29, 1.82) is 0 Å². The highest BCUT2D eigenvalue weighted by atomic mass is 35.5. The van der Waals surface area contributed by atoms with E-state index in [1.807, 2.05) is 116 Å². The Hall–Kier alpha value is -4.02. The number of nitrogens with one attached hydrogen (secondary N) is 1. The van der Waals surface area contributed by atoms with Crippen LogP contribution in [0.15, 0.2) is 108 Å². The number of halogens is 1. The first kappa shape index (κ1) is 22.8. The van der Waals surface area contributed by atoms with Crippen LogP contribution >= 0.6 is 11.6 Å². The first-order valence-corrected chi connectivity index (χ1v) is 11.7. The highest BCUT2D eigenvalue weighted by molar-refractivity contribution is 6.31. The maximum absolute atomic E-state index is 6.18. The molecule has 1 radical (unpaired) electrons. The van der Waals surface area contributed by atoms with E-state index < -0.39 is 0 Å². The number of rotatable bonds is 8. The van der Waals surface area contributed by atoms with Crippen LogP contribution in [0.25, 0.3) is 6.08 Å². The van der Waals surface area contributed by atoms with E-state index in [4.69, 9.17) is 21.1 Å². The van der Waals surface area contributed by atoms with E-state index >= 15 is 0 Å². The quantitative estimate of drug-likeness (QED) is 0.284. The molecule has 4 aromatic rings. The summed E-state index contributed by atoms with van der Waals surface area (Å²) in [6.07, 6.45) is 3.92. The number of anilines is 1. The molecule has 0 aliphatic carbocycles. The van der Waals surface area contributed by atoms with Crippen LogP contribution < -0.4 is 14.8 Å². The number of ether oxygens (including phenoxy) is 2. The van der Waals surface area contributed by atoms with Crippen molar-refractivity contribution < 1.29 is 9.47 Å². The molecule has 5 rings (SSSR count). The predicted octanol–water partition coefficient (Wildman–Crippen LogP) is 7.55. The molecule has 4 aromatic carbocycles. The lowest BCUT2D eigenvalue weighted by atomic mass is 10.1. The minimum atomic E-state index is 0.455. The second-order valence-electron chi connectivity index (χ2n) is 8.09. The van der Waals surface area contributed by atoms with Gasteiger partial charge in [0.1, 0.15) is 25.6 Å². The van der Waals surface area contributed by atoms with Crippen LogP contribution in [-0.2, 0) is 13.2 Å². The molecular formula is C30H24ClN2O2. The number of nitrogens with zero attached hydrogens (tertiary/aromatic N) is 1. The molecule has 0 spiro atoms. The lowest BCUT2D eigenvalue weighted by molar-refractivity contribution is 0.256. The summed E-state index contributed by atoms with van der Waals surface area (Å²) >= 11 is 6.13. The number of hydrogen-bond acceptors (Lipinski definition) is 4. The molecular weight excluding hydrogens is 456 g/mol. The van der Waals surface area contributed by atoms with Crippen LogP contribution in [0.2, 0.25) is 5.02 Å². The zero-order valence-corrected chi connectivity index (χ0v) is 19.8. The van der Waals surface area contributed by atoms with Crippen LogP contribution in [0, 0.1) is 6.54 Å². The van der Waals surface area contributed by atoms with Gasteiger partial charge in [-0.15, -0.1) is 0 Å². The highest BCUT2D eigenvalue weighted by Gasteiger charge is 2.11. The summed E-state index contributed by atoms with van der Waals surface area (Å²) in [6.45, 7) is 2.75. The molecule has 0 fully saturated rings. The molecule has 1 aliphatic rings. The Kier molecular flexibility index (Phi) is 7.11. The highest BCUT2D eigenvalue weighted by Crippen LogP contribution is 2.31. The van der Waals surface area contributed by atoms with E-state index in [2.05, 4.69) is 10.3 Å². The number of hydrogen-bond donors (Lipinski definition) is 1. The second kappa shape index (κ2) is 10.9. The molecule has 0 amide bonds. The van der Waals surface area contributed by atoms with Crippen LogP contribution in [0.1, 0.15) is 22.3 Å². The topological polar surface area (TPSA) is 42.8 Å². The Morgan fingerprint density at radius 1 is 0.714 bits per heavy atom. The largest absolute Gasteiger partial charge is 0.485 e. The van der Waals surface area contributed by atoms with Crippen LogP contribution in [-0.4, -0.2) is 5.84 Å². The van der Waals surface area contributed by atoms with Crippen molar-refractivity contribution in [2.24, 2.45) is 4.99 Å². The molecule has 4 nitrogen and oxygen atoms in total. The Morgan fingerprint density at radius 3 is 2.11 bits per heavy atom. The fourth-order valence-corrected chi connectivity index (χ4v) is 3.82. The third-order valence-corrected chi connectivity index (χ3v) is 5.73. The third kappa shape index (κ3) is 6.11. The van der Waals surface area contributed by atoms with Gasteiger partial charge in [0.15, 0.2) is 11.5 Å². The molecule has 1 N–H and O–H groups in total. The van der Waals surface area contributed by atoms with E-state index in [0.717, 1.165) is 33.8 Å². The second-order valence-corrected chi connectivity index (χ2v) is 8.52. The maximum Gasteiger partial charge on any atom is 0.162 e. The van der Waals surface area contributed by atoms with Crippen molar-refractivity contribution in [3.8, 4) is 11.5 Å². The Labute approximate surface area is 210 Å². The average Bonchev–Trinajstić information content (AvgIpc) is 2.91. The van der Waals surface area contributed by atoms with Gasteiger partial charge in [0, 0.05) is 16.3 Å². The van der Waals surface area contributed by atoms with Crippen molar-refractivity contribution >= 4 is 29.2 Å². The summed E-state index contributed by atoms with van der Waals surface area (Å²) in [6, 6.07) is 31.8. The van der Waals surface area contributed by atoms with Crippen LogP contribution in [0.3, 0.4) is 0 Å². The molecule has 0 unspecified atom stereocenters. The first-order valence-electron chi connectivity index (χ1n) is 11.4. The zero-order valence-electron chi connectivity index (χ0n) is 19.0. The summed E-state index contributed by atoms with van der Waals surface area (Å²) in [5, 5.41) is 3.99. The predicted molar refractivity (Wildman–Crippen MR) is 143 cm³/mol. The average molecular weight is 480 g/mol. The fraction of sp³-hybridized carbons (Fsp3) is 0.0667. The van der Waals surface area contributed by atoms with Crippen molar-refractivity contribution in [3.63, 3.8) is 0 Å². The summed E-state index contributed by atoms with van der Waals surface area (Å²) in [5.74, 6) is 2.12. The van der Waals surface area contributed by atoms with Crippen LogP contribution in [0.5, 0.6) is 11.5 Å². The zero-order chi connectivity index (χ0) is 23.9. The van der Waals surface area contributed by atoms with Gasteiger partial charge in [0.2, 0.25) is 0 Å². The lowest BCUT2D eigenvalue weighted by Crippen LogP contribution is -2.14. The molecule has 35 heavy (non-hydrogen) atoms. The van der Waals surface area contributed by atoms with Gasteiger partial charge in [-0.05, 0) is 47.0 Å². The maximum atomic E-state index is 6.18. The van der Waals surface area contributed by atoms with Gasteiger partial charge in [0.05, 0.1) is 0 Å². The van der Waals surface area contributed by atoms with Gasteiger partial charge in [-0.25, -0.2) is 0 Å².